The zero-order valence-electron chi connectivity index (χ0n) is 11.4. The lowest BCUT2D eigenvalue weighted by molar-refractivity contribution is 0.138. The van der Waals surface area contributed by atoms with E-state index >= 15 is 0 Å². The molecule has 1 saturated carbocycles. The highest BCUT2D eigenvalue weighted by Crippen LogP contribution is 2.39. The lowest BCUT2D eigenvalue weighted by atomic mass is 9.81. The molecular formula is C15H28BrN. The summed E-state index contributed by atoms with van der Waals surface area (Å²) in [6, 6.07) is 0.883. The molecule has 1 unspecified atom stereocenters. The van der Waals surface area contributed by atoms with Crippen molar-refractivity contribution in [3.05, 3.63) is 0 Å². The van der Waals surface area contributed by atoms with E-state index in [0.717, 1.165) is 6.04 Å². The molecule has 2 rings (SSSR count). The highest BCUT2D eigenvalue weighted by molar-refractivity contribution is 9.09. The molecule has 0 bridgehead atoms. The van der Waals surface area contributed by atoms with E-state index in [1.54, 1.807) is 0 Å². The van der Waals surface area contributed by atoms with Crippen molar-refractivity contribution in [1.29, 1.82) is 0 Å². The molecule has 1 nitrogen and oxygen atoms in total. The Morgan fingerprint density at radius 2 is 1.82 bits per heavy atom. The molecule has 100 valence electrons. The summed E-state index contributed by atoms with van der Waals surface area (Å²) in [4.78, 5) is 2.80. The van der Waals surface area contributed by atoms with Gasteiger partial charge < -0.3 is 0 Å². The molecule has 0 spiro atoms. The SMILES string of the molecule is CCC1CCCN1CC1(CBr)CCCCCC1. The van der Waals surface area contributed by atoms with Gasteiger partial charge in [-0.25, -0.2) is 0 Å². The molecule has 1 atom stereocenters. The second kappa shape index (κ2) is 6.56. The van der Waals surface area contributed by atoms with Gasteiger partial charge in [-0.3, -0.25) is 4.90 Å². The standard InChI is InChI=1S/C15H28BrN/c1-2-14-8-7-11-17(14)13-15(12-16)9-5-3-4-6-10-15/h14H,2-13H2,1H3. The Hall–Kier alpha value is 0.440. The summed E-state index contributed by atoms with van der Waals surface area (Å²) in [7, 11) is 0. The van der Waals surface area contributed by atoms with E-state index in [-0.39, 0.29) is 0 Å². The van der Waals surface area contributed by atoms with Gasteiger partial charge in [0.1, 0.15) is 0 Å². The number of hydrogen-bond acceptors (Lipinski definition) is 1. The molecule has 1 heterocycles. The van der Waals surface area contributed by atoms with Gasteiger partial charge in [0, 0.05) is 17.9 Å². The van der Waals surface area contributed by atoms with Crippen molar-refractivity contribution < 1.29 is 0 Å². The van der Waals surface area contributed by atoms with E-state index in [0.29, 0.717) is 5.41 Å². The molecule has 17 heavy (non-hydrogen) atoms. The number of likely N-dealkylation sites (tertiary alicyclic amines) is 1. The van der Waals surface area contributed by atoms with Crippen LogP contribution < -0.4 is 0 Å². The molecular weight excluding hydrogens is 274 g/mol. The second-order valence-electron chi connectivity index (χ2n) is 6.22. The summed E-state index contributed by atoms with van der Waals surface area (Å²) >= 11 is 3.83. The fourth-order valence-corrected chi connectivity index (χ4v) is 4.55. The predicted molar refractivity (Wildman–Crippen MR) is 78.8 cm³/mol. The van der Waals surface area contributed by atoms with E-state index in [9.17, 15) is 0 Å². The molecule has 1 aliphatic carbocycles. The summed E-state index contributed by atoms with van der Waals surface area (Å²) in [5, 5.41) is 1.22. The van der Waals surface area contributed by atoms with E-state index < -0.39 is 0 Å². The van der Waals surface area contributed by atoms with Crippen LogP contribution in [0.25, 0.3) is 0 Å². The molecule has 1 aliphatic heterocycles. The molecule has 2 fully saturated rings. The van der Waals surface area contributed by atoms with Gasteiger partial charge in [0.25, 0.3) is 0 Å². The third-order valence-electron chi connectivity index (χ3n) is 4.96. The van der Waals surface area contributed by atoms with Crippen LogP contribution in [0.3, 0.4) is 0 Å². The summed E-state index contributed by atoms with van der Waals surface area (Å²) in [5.74, 6) is 0. The van der Waals surface area contributed by atoms with E-state index in [1.807, 2.05) is 0 Å². The van der Waals surface area contributed by atoms with E-state index in [2.05, 4.69) is 27.8 Å². The van der Waals surface area contributed by atoms with Crippen LogP contribution in [-0.2, 0) is 0 Å². The summed E-state index contributed by atoms with van der Waals surface area (Å²) in [5.41, 5.74) is 0.592. The van der Waals surface area contributed by atoms with Gasteiger partial charge in [0.2, 0.25) is 0 Å². The van der Waals surface area contributed by atoms with Crippen LogP contribution in [0, 0.1) is 5.41 Å². The molecule has 0 radical (unpaired) electrons. The Morgan fingerprint density at radius 3 is 2.41 bits per heavy atom. The quantitative estimate of drug-likeness (QED) is 0.542. The van der Waals surface area contributed by atoms with Crippen molar-refractivity contribution in [2.45, 2.75) is 70.8 Å². The molecule has 0 aromatic rings. The number of halogens is 1. The van der Waals surface area contributed by atoms with Gasteiger partial charge in [-0.05, 0) is 44.1 Å². The highest BCUT2D eigenvalue weighted by atomic mass is 79.9. The first-order valence-corrected chi connectivity index (χ1v) is 8.72. The molecule has 2 heteroatoms. The maximum absolute atomic E-state index is 3.83. The maximum atomic E-state index is 3.83. The maximum Gasteiger partial charge on any atom is 0.0100 e. The first kappa shape index (κ1) is 13.9. The van der Waals surface area contributed by atoms with Crippen LogP contribution in [0.2, 0.25) is 0 Å². The Labute approximate surface area is 115 Å². The Bertz CT molecular complexity index is 221. The van der Waals surface area contributed by atoms with Crippen LogP contribution in [0.15, 0.2) is 0 Å². The lowest BCUT2D eigenvalue weighted by Crippen LogP contribution is -2.41. The Morgan fingerprint density at radius 1 is 1.12 bits per heavy atom. The molecule has 0 amide bonds. The summed E-state index contributed by atoms with van der Waals surface area (Å²) in [6.07, 6.45) is 12.9. The van der Waals surface area contributed by atoms with Gasteiger partial charge in [0.05, 0.1) is 0 Å². The van der Waals surface area contributed by atoms with Crippen LogP contribution in [0.1, 0.15) is 64.7 Å². The van der Waals surface area contributed by atoms with Crippen molar-refractivity contribution in [3.8, 4) is 0 Å². The Balaban J connectivity index is 1.97. The van der Waals surface area contributed by atoms with Gasteiger partial charge in [0.15, 0.2) is 0 Å². The monoisotopic (exact) mass is 301 g/mol. The molecule has 1 saturated heterocycles. The average molecular weight is 302 g/mol. The largest absolute Gasteiger partial charge is 0.300 e. The fraction of sp³-hybridized carbons (Fsp3) is 1.00. The number of hydrogen-bond donors (Lipinski definition) is 0. The third-order valence-corrected chi connectivity index (χ3v) is 6.15. The molecule has 2 aliphatic rings. The van der Waals surface area contributed by atoms with Gasteiger partial charge >= 0.3 is 0 Å². The van der Waals surface area contributed by atoms with Crippen molar-refractivity contribution in [3.63, 3.8) is 0 Å². The fourth-order valence-electron chi connectivity index (χ4n) is 3.81. The highest BCUT2D eigenvalue weighted by Gasteiger charge is 2.35. The first-order chi connectivity index (χ1) is 8.29. The van der Waals surface area contributed by atoms with Gasteiger partial charge in [-0.2, -0.15) is 0 Å². The smallest absolute Gasteiger partial charge is 0.0100 e. The predicted octanol–water partition coefficient (Wildman–Crippen LogP) is 4.60. The van der Waals surface area contributed by atoms with Crippen molar-refractivity contribution >= 4 is 15.9 Å². The van der Waals surface area contributed by atoms with Crippen LogP contribution in [-0.4, -0.2) is 29.4 Å². The summed E-state index contributed by atoms with van der Waals surface area (Å²) < 4.78 is 0. The van der Waals surface area contributed by atoms with E-state index in [4.69, 9.17) is 0 Å². The second-order valence-corrected chi connectivity index (χ2v) is 6.78. The zero-order chi connectivity index (χ0) is 12.1. The third kappa shape index (κ3) is 3.47. The number of alkyl halides is 1. The topological polar surface area (TPSA) is 3.24 Å². The zero-order valence-corrected chi connectivity index (χ0v) is 13.0. The normalized spacial score (nSPS) is 30.4. The molecule has 0 N–H and O–H groups in total. The number of rotatable bonds is 4. The average Bonchev–Trinajstić information content (AvgIpc) is 2.66. The van der Waals surface area contributed by atoms with E-state index in [1.165, 1.54) is 76.2 Å². The van der Waals surface area contributed by atoms with Crippen molar-refractivity contribution in [2.75, 3.05) is 18.4 Å². The molecule has 0 aromatic heterocycles. The lowest BCUT2D eigenvalue weighted by Gasteiger charge is -2.37. The van der Waals surface area contributed by atoms with Gasteiger partial charge in [-0.1, -0.05) is 48.5 Å². The van der Waals surface area contributed by atoms with Crippen LogP contribution in [0.5, 0.6) is 0 Å². The van der Waals surface area contributed by atoms with Crippen LogP contribution in [0.4, 0.5) is 0 Å². The van der Waals surface area contributed by atoms with Gasteiger partial charge in [-0.15, -0.1) is 0 Å². The first-order valence-electron chi connectivity index (χ1n) is 7.60. The minimum atomic E-state index is 0.592. The number of nitrogens with zero attached hydrogens (tertiary/aromatic N) is 1. The molecule has 0 aromatic carbocycles. The van der Waals surface area contributed by atoms with Crippen molar-refractivity contribution in [2.24, 2.45) is 5.41 Å². The minimum Gasteiger partial charge on any atom is -0.300 e. The Kier molecular flexibility index (Phi) is 5.35. The van der Waals surface area contributed by atoms with Crippen molar-refractivity contribution in [1.82, 2.24) is 4.90 Å². The minimum absolute atomic E-state index is 0.592. The summed E-state index contributed by atoms with van der Waals surface area (Å²) in [6.45, 7) is 5.07. The van der Waals surface area contributed by atoms with Crippen LogP contribution >= 0.6 is 15.9 Å².